The quantitative estimate of drug-likeness (QED) is 0.0655. The van der Waals surface area contributed by atoms with Crippen molar-refractivity contribution in [3.05, 3.63) is 71.3 Å². The summed E-state index contributed by atoms with van der Waals surface area (Å²) in [5.41, 5.74) is 0.611. The minimum Gasteiger partial charge on any atom is -0.379 e. The van der Waals surface area contributed by atoms with E-state index in [2.05, 4.69) is 38.0 Å². The lowest BCUT2D eigenvalue weighted by atomic mass is 9.75. The number of amides is 6. The van der Waals surface area contributed by atoms with Crippen LogP contribution >= 0.6 is 11.8 Å². The lowest BCUT2D eigenvalue weighted by Gasteiger charge is -2.33. The van der Waals surface area contributed by atoms with Gasteiger partial charge in [0.1, 0.15) is 35.4 Å². The van der Waals surface area contributed by atoms with Crippen molar-refractivity contribution in [1.29, 1.82) is 0 Å². The molecule has 21 heteroatoms. The molecule has 4 saturated heterocycles. The van der Waals surface area contributed by atoms with Crippen molar-refractivity contribution in [2.75, 3.05) is 90.9 Å². The van der Waals surface area contributed by atoms with Gasteiger partial charge in [-0.25, -0.2) is 0 Å². The zero-order chi connectivity index (χ0) is 55.1. The molecule has 4 aliphatic heterocycles. The number of Topliss-reactive ketones (excluding diaryl/α,β-unsaturated/α-hetero) is 2. The number of hydrogen-bond donors (Lipinski definition) is 6. The van der Waals surface area contributed by atoms with Crippen LogP contribution in [0.25, 0.3) is 0 Å². The third-order valence-electron chi connectivity index (χ3n) is 15.3. The second kappa shape index (κ2) is 28.0. The van der Waals surface area contributed by atoms with Crippen molar-refractivity contribution >= 4 is 58.8 Å². The minimum atomic E-state index is -1.06. The Kier molecular flexibility index (Phi) is 21.6. The number of thioether (sulfide) groups is 1. The maximum Gasteiger partial charge on any atom is 0.243 e. The van der Waals surface area contributed by atoms with E-state index in [0.717, 1.165) is 36.0 Å². The summed E-state index contributed by atoms with van der Waals surface area (Å²) < 4.78 is 21.9. The third-order valence-corrected chi connectivity index (χ3v) is 16.0. The molecule has 7 rings (SSSR count). The minimum absolute atomic E-state index is 0.0259. The fourth-order valence-corrected chi connectivity index (χ4v) is 10.8. The first kappa shape index (κ1) is 59.4. The number of ether oxygens (including phenoxy) is 4. The smallest absolute Gasteiger partial charge is 0.243 e. The molecule has 5 aliphatic rings. The molecule has 10 unspecified atom stereocenters. The van der Waals surface area contributed by atoms with E-state index < -0.39 is 71.1 Å². The van der Waals surface area contributed by atoms with Gasteiger partial charge in [-0.2, -0.15) is 11.8 Å². The summed E-state index contributed by atoms with van der Waals surface area (Å²) in [7, 11) is 0. The van der Waals surface area contributed by atoms with Crippen LogP contribution in [0.15, 0.2) is 54.6 Å². The number of nitrogens with one attached hydrogen (secondary N) is 6. The molecule has 1 aliphatic carbocycles. The van der Waals surface area contributed by atoms with E-state index in [9.17, 15) is 38.4 Å². The molecule has 5 fully saturated rings. The maximum absolute atomic E-state index is 14.6. The van der Waals surface area contributed by atoms with Crippen LogP contribution < -0.4 is 31.9 Å². The molecule has 2 aromatic rings. The molecular weight excluding hydrogens is 1010 g/mol. The molecule has 0 aromatic heterocycles. The summed E-state index contributed by atoms with van der Waals surface area (Å²) in [4.78, 5) is 114. The molecule has 2 aromatic carbocycles. The number of rotatable bonds is 28. The second-order valence-electron chi connectivity index (χ2n) is 21.8. The molecule has 0 bridgehead atoms. The van der Waals surface area contributed by atoms with Crippen LogP contribution in [0.1, 0.15) is 88.8 Å². The Morgan fingerprint density at radius 3 is 1.61 bits per heavy atom. The van der Waals surface area contributed by atoms with Gasteiger partial charge >= 0.3 is 0 Å². The highest BCUT2D eigenvalue weighted by molar-refractivity contribution is 7.98. The molecule has 1 saturated carbocycles. The fourth-order valence-electron chi connectivity index (χ4n) is 10.4. The summed E-state index contributed by atoms with van der Waals surface area (Å²) in [5, 5.41) is 17.3. The summed E-state index contributed by atoms with van der Waals surface area (Å²) in [6.07, 6.45) is 6.02. The predicted octanol–water partition coefficient (Wildman–Crippen LogP) is 1.22. The van der Waals surface area contributed by atoms with Crippen LogP contribution in [0.2, 0.25) is 0 Å². The summed E-state index contributed by atoms with van der Waals surface area (Å²) in [6, 6.07) is 11.5. The topological polar surface area (TPSA) is 259 Å². The number of benzene rings is 2. The van der Waals surface area contributed by atoms with E-state index in [-0.39, 0.29) is 87.2 Å². The van der Waals surface area contributed by atoms with E-state index in [4.69, 9.17) is 18.9 Å². The van der Waals surface area contributed by atoms with Gasteiger partial charge in [0, 0.05) is 26.2 Å². The SMILES string of the molecule is CSCCC(NC(=O)C(C)NC(=O)CN1CCOCC1)C(=O)NC(Cc1cccc(C2CCCC(CC(NC(=O)C(C)NC(=O)CN3CCOCC3)C(=O)NC(Cc3ccccc3)C(=O)C3(C)CO3)C2)c1)C(=O)C1(C)CO1. The molecule has 10 atom stereocenters. The normalized spacial score (nSPS) is 24.8. The van der Waals surface area contributed by atoms with E-state index in [0.29, 0.717) is 64.8 Å². The van der Waals surface area contributed by atoms with E-state index in [1.807, 2.05) is 64.6 Å². The van der Waals surface area contributed by atoms with E-state index in [1.54, 1.807) is 27.7 Å². The Morgan fingerprint density at radius 2 is 1.09 bits per heavy atom. The first-order valence-corrected chi connectivity index (χ1v) is 28.7. The molecule has 0 radical (unpaired) electrons. The number of carbonyl (C=O) groups is 8. The number of epoxide rings is 2. The third kappa shape index (κ3) is 17.9. The van der Waals surface area contributed by atoms with Gasteiger partial charge in [-0.3, -0.25) is 48.2 Å². The summed E-state index contributed by atoms with van der Waals surface area (Å²) >= 11 is 1.51. The Labute approximate surface area is 456 Å². The molecule has 4 heterocycles. The average molecular weight is 1090 g/mol. The van der Waals surface area contributed by atoms with Gasteiger partial charge in [-0.15, -0.1) is 0 Å². The largest absolute Gasteiger partial charge is 0.379 e. The van der Waals surface area contributed by atoms with Gasteiger partial charge in [-0.05, 0) is 107 Å². The maximum atomic E-state index is 14.6. The highest BCUT2D eigenvalue weighted by atomic mass is 32.2. The number of morpholine rings is 2. The molecule has 77 heavy (non-hydrogen) atoms. The van der Waals surface area contributed by atoms with E-state index >= 15 is 0 Å². The Morgan fingerprint density at radius 1 is 0.610 bits per heavy atom. The van der Waals surface area contributed by atoms with Gasteiger partial charge in [-0.1, -0.05) is 67.4 Å². The number of carbonyl (C=O) groups excluding carboxylic acids is 8. The lowest BCUT2D eigenvalue weighted by Crippen LogP contribution is -2.57. The van der Waals surface area contributed by atoms with E-state index in [1.165, 1.54) is 11.8 Å². The van der Waals surface area contributed by atoms with Gasteiger partial charge in [0.15, 0.2) is 11.6 Å². The second-order valence-corrected chi connectivity index (χ2v) is 22.7. The van der Waals surface area contributed by atoms with Gasteiger partial charge < -0.3 is 50.8 Å². The zero-order valence-corrected chi connectivity index (χ0v) is 46.2. The van der Waals surface area contributed by atoms with Crippen LogP contribution in [0, 0.1) is 5.92 Å². The fraction of sp³-hybridized carbons (Fsp3) is 0.643. The summed E-state index contributed by atoms with van der Waals surface area (Å²) in [5.74, 6) is -2.65. The molecule has 0 spiro atoms. The van der Waals surface area contributed by atoms with Crippen molar-refractivity contribution in [2.45, 2.75) is 132 Å². The van der Waals surface area contributed by atoms with Gasteiger partial charge in [0.05, 0.1) is 64.8 Å². The Bertz CT molecular complexity index is 2380. The van der Waals surface area contributed by atoms with Crippen LogP contribution in [0.4, 0.5) is 0 Å². The lowest BCUT2D eigenvalue weighted by molar-refractivity contribution is -0.134. The number of nitrogens with zero attached hydrogens (tertiary/aromatic N) is 2. The van der Waals surface area contributed by atoms with Gasteiger partial charge in [0.25, 0.3) is 0 Å². The standard InChI is InChI=1S/C56H80N8O12S/c1-36(57-47(65)32-63-18-22-73-23-19-63)51(69)59-43(17-26-77-5)53(71)60-45(50(68)56(4)35-76-56)30-39-13-9-15-41(27-39)42-16-10-14-40(28-42)31-46(62-52(70)37(2)58-48(66)33-64-20-24-74-25-21-64)54(72)61-44(49(67)55(3)34-75-55)29-38-11-7-6-8-12-38/h6-9,11-13,15,27,36-37,40,42-46H,10,14,16-26,28-35H2,1-5H3,(H,57,65)(H,58,66)(H,59,69)(H,60,71)(H,61,72)(H,62,70). The van der Waals surface area contributed by atoms with Crippen molar-refractivity contribution in [2.24, 2.45) is 5.92 Å². The molecular formula is C56H80N8O12S. The summed E-state index contributed by atoms with van der Waals surface area (Å²) in [6.45, 7) is 11.8. The monoisotopic (exact) mass is 1090 g/mol. The molecule has 6 amide bonds. The van der Waals surface area contributed by atoms with Crippen LogP contribution in [-0.2, 0) is 70.1 Å². The zero-order valence-electron chi connectivity index (χ0n) is 45.4. The van der Waals surface area contributed by atoms with Crippen LogP contribution in [0.5, 0.6) is 0 Å². The Hall–Kier alpha value is -5.29. The molecule has 20 nitrogen and oxygen atoms in total. The average Bonchev–Trinajstić information content (AvgIpc) is 4.43. The van der Waals surface area contributed by atoms with Crippen molar-refractivity contribution < 1.29 is 57.3 Å². The van der Waals surface area contributed by atoms with Crippen LogP contribution in [-0.4, -0.2) is 195 Å². The van der Waals surface area contributed by atoms with Crippen molar-refractivity contribution in [1.82, 2.24) is 41.7 Å². The van der Waals surface area contributed by atoms with Gasteiger partial charge in [0.2, 0.25) is 35.4 Å². The van der Waals surface area contributed by atoms with Crippen LogP contribution in [0.3, 0.4) is 0 Å². The van der Waals surface area contributed by atoms with Crippen molar-refractivity contribution in [3.63, 3.8) is 0 Å². The molecule has 6 N–H and O–H groups in total. The number of hydrogen-bond acceptors (Lipinski definition) is 15. The molecule has 422 valence electrons. The predicted molar refractivity (Wildman–Crippen MR) is 289 cm³/mol. The number of ketones is 2. The van der Waals surface area contributed by atoms with Crippen molar-refractivity contribution in [3.8, 4) is 0 Å². The first-order valence-electron chi connectivity index (χ1n) is 27.3. The first-order chi connectivity index (χ1) is 36.9. The highest BCUT2D eigenvalue weighted by Gasteiger charge is 2.51. The Balaban J connectivity index is 1.03. The highest BCUT2D eigenvalue weighted by Crippen LogP contribution is 2.39.